The van der Waals surface area contributed by atoms with Gasteiger partial charge in [-0.05, 0) is 29.9 Å². The molecule has 0 saturated carbocycles. The van der Waals surface area contributed by atoms with Gasteiger partial charge in [-0.3, -0.25) is 0 Å². The number of unbranched alkanes of at least 4 members (excludes halogenated alkanes) is 6. The Bertz CT molecular complexity index is 371. The van der Waals surface area contributed by atoms with Gasteiger partial charge >= 0.3 is 0 Å². The summed E-state index contributed by atoms with van der Waals surface area (Å²) < 4.78 is 0. The molecule has 1 N–H and O–H groups in total. The third kappa shape index (κ3) is 6.11. The lowest BCUT2D eigenvalue weighted by Crippen LogP contribution is -2.22. The van der Waals surface area contributed by atoms with Crippen LogP contribution >= 0.6 is 0 Å². The molecule has 0 bridgehead atoms. The Morgan fingerprint density at radius 3 is 1.81 bits per heavy atom. The van der Waals surface area contributed by atoms with Crippen molar-refractivity contribution in [1.82, 2.24) is 0 Å². The van der Waals surface area contributed by atoms with Gasteiger partial charge in [0.05, 0.1) is 0 Å². The maximum atomic E-state index is 10.3. The molecule has 0 atom stereocenters. The quantitative estimate of drug-likeness (QED) is 0.456. The van der Waals surface area contributed by atoms with E-state index in [0.717, 1.165) is 5.56 Å². The van der Waals surface area contributed by atoms with E-state index < -0.39 is 0 Å². The van der Waals surface area contributed by atoms with Crippen LogP contribution in [-0.2, 0) is 5.41 Å². The largest absolute Gasteiger partial charge is 0.508 e. The molecular formula is C20H34O. The SMILES string of the molecule is CCCCCCC(C)(CCCCCC)c1ccccc1O. The molecular weight excluding hydrogens is 256 g/mol. The molecule has 1 heteroatoms. The fourth-order valence-corrected chi connectivity index (χ4v) is 3.26. The van der Waals surface area contributed by atoms with Crippen molar-refractivity contribution in [1.29, 1.82) is 0 Å². The highest BCUT2D eigenvalue weighted by molar-refractivity contribution is 5.38. The zero-order chi connectivity index (χ0) is 15.6. The summed E-state index contributed by atoms with van der Waals surface area (Å²) in [4.78, 5) is 0. The third-order valence-electron chi connectivity index (χ3n) is 4.72. The van der Waals surface area contributed by atoms with E-state index in [2.05, 4.69) is 32.9 Å². The van der Waals surface area contributed by atoms with Gasteiger partial charge in [0, 0.05) is 0 Å². The molecule has 0 aromatic heterocycles. The molecule has 1 nitrogen and oxygen atoms in total. The second-order valence-electron chi connectivity index (χ2n) is 6.70. The van der Waals surface area contributed by atoms with Gasteiger partial charge in [0.15, 0.2) is 0 Å². The number of benzene rings is 1. The first kappa shape index (κ1) is 18.1. The van der Waals surface area contributed by atoms with Crippen LogP contribution in [0.15, 0.2) is 24.3 Å². The lowest BCUT2D eigenvalue weighted by molar-refractivity contribution is 0.347. The highest BCUT2D eigenvalue weighted by Gasteiger charge is 2.28. The smallest absolute Gasteiger partial charge is 0.119 e. The molecule has 0 aliphatic rings. The van der Waals surface area contributed by atoms with Crippen LogP contribution in [0.3, 0.4) is 0 Å². The summed E-state index contributed by atoms with van der Waals surface area (Å²) >= 11 is 0. The number of rotatable bonds is 11. The average Bonchev–Trinajstić information content (AvgIpc) is 2.49. The molecule has 0 saturated heterocycles. The molecule has 21 heavy (non-hydrogen) atoms. The molecule has 1 aromatic rings. The van der Waals surface area contributed by atoms with Crippen LogP contribution in [0, 0.1) is 0 Å². The number of phenolic OH excluding ortho intramolecular Hbond substituents is 1. The van der Waals surface area contributed by atoms with Crippen molar-refractivity contribution in [3.8, 4) is 5.75 Å². The van der Waals surface area contributed by atoms with Crippen molar-refractivity contribution in [2.45, 2.75) is 90.4 Å². The molecule has 0 unspecified atom stereocenters. The minimum Gasteiger partial charge on any atom is -0.508 e. The molecule has 0 amide bonds. The average molecular weight is 290 g/mol. The van der Waals surface area contributed by atoms with Crippen molar-refractivity contribution in [3.63, 3.8) is 0 Å². The molecule has 1 rings (SSSR count). The van der Waals surface area contributed by atoms with E-state index in [9.17, 15) is 5.11 Å². The zero-order valence-electron chi connectivity index (χ0n) is 14.3. The van der Waals surface area contributed by atoms with Crippen LogP contribution in [0.1, 0.15) is 90.5 Å². The lowest BCUT2D eigenvalue weighted by Gasteiger charge is -2.31. The van der Waals surface area contributed by atoms with E-state index in [1.807, 2.05) is 12.1 Å². The minimum atomic E-state index is 0.132. The topological polar surface area (TPSA) is 20.2 Å². The summed E-state index contributed by atoms with van der Waals surface area (Å²) in [7, 11) is 0. The van der Waals surface area contributed by atoms with Crippen LogP contribution in [0.4, 0.5) is 0 Å². The second kappa shape index (κ2) is 9.87. The summed E-state index contributed by atoms with van der Waals surface area (Å²) in [6, 6.07) is 7.94. The monoisotopic (exact) mass is 290 g/mol. The summed E-state index contributed by atoms with van der Waals surface area (Å²) in [5.74, 6) is 0.478. The Kier molecular flexibility index (Phi) is 8.49. The molecule has 120 valence electrons. The first-order valence-corrected chi connectivity index (χ1v) is 8.92. The minimum absolute atomic E-state index is 0.132. The molecule has 0 fully saturated rings. The van der Waals surface area contributed by atoms with E-state index in [4.69, 9.17) is 0 Å². The number of aromatic hydroxyl groups is 1. The Morgan fingerprint density at radius 2 is 1.33 bits per heavy atom. The molecule has 0 heterocycles. The third-order valence-corrected chi connectivity index (χ3v) is 4.72. The summed E-state index contributed by atoms with van der Waals surface area (Å²) in [6.07, 6.45) is 12.8. The van der Waals surface area contributed by atoms with Gasteiger partial charge in [-0.2, -0.15) is 0 Å². The van der Waals surface area contributed by atoms with Crippen molar-refractivity contribution in [2.75, 3.05) is 0 Å². The van der Waals surface area contributed by atoms with Crippen molar-refractivity contribution in [2.24, 2.45) is 0 Å². The number of hydrogen-bond acceptors (Lipinski definition) is 1. The molecule has 0 radical (unpaired) electrons. The molecule has 0 aliphatic carbocycles. The van der Waals surface area contributed by atoms with Crippen molar-refractivity contribution >= 4 is 0 Å². The normalized spacial score (nSPS) is 11.8. The summed E-state index contributed by atoms with van der Waals surface area (Å²) in [5, 5.41) is 10.3. The number of para-hydroxylation sites is 1. The van der Waals surface area contributed by atoms with Crippen LogP contribution in [-0.4, -0.2) is 5.11 Å². The van der Waals surface area contributed by atoms with E-state index in [0.29, 0.717) is 5.75 Å². The molecule has 1 aromatic carbocycles. The van der Waals surface area contributed by atoms with E-state index >= 15 is 0 Å². The molecule has 0 aliphatic heterocycles. The maximum absolute atomic E-state index is 10.3. The Balaban J connectivity index is 2.70. The standard InChI is InChI=1S/C20H34O/c1-4-6-8-12-16-20(3,17-13-9-7-5-2)18-14-10-11-15-19(18)21/h10-11,14-15,21H,4-9,12-13,16-17H2,1-3H3. The maximum Gasteiger partial charge on any atom is 0.119 e. The van der Waals surface area contributed by atoms with Gasteiger partial charge in [-0.25, -0.2) is 0 Å². The lowest BCUT2D eigenvalue weighted by atomic mass is 9.74. The van der Waals surface area contributed by atoms with Gasteiger partial charge in [-0.1, -0.05) is 90.3 Å². The Morgan fingerprint density at radius 1 is 0.810 bits per heavy atom. The fourth-order valence-electron chi connectivity index (χ4n) is 3.26. The first-order chi connectivity index (χ1) is 10.1. The summed E-state index contributed by atoms with van der Waals surface area (Å²) in [5.41, 5.74) is 1.28. The van der Waals surface area contributed by atoms with Gasteiger partial charge in [-0.15, -0.1) is 0 Å². The second-order valence-corrected chi connectivity index (χ2v) is 6.70. The fraction of sp³-hybridized carbons (Fsp3) is 0.700. The van der Waals surface area contributed by atoms with Gasteiger partial charge in [0.25, 0.3) is 0 Å². The zero-order valence-corrected chi connectivity index (χ0v) is 14.3. The van der Waals surface area contributed by atoms with Crippen molar-refractivity contribution < 1.29 is 5.11 Å². The first-order valence-electron chi connectivity index (χ1n) is 8.92. The highest BCUT2D eigenvalue weighted by Crippen LogP contribution is 2.39. The van der Waals surface area contributed by atoms with Gasteiger partial charge in [0.2, 0.25) is 0 Å². The molecule has 0 spiro atoms. The van der Waals surface area contributed by atoms with Crippen LogP contribution in [0.5, 0.6) is 5.75 Å². The highest BCUT2D eigenvalue weighted by atomic mass is 16.3. The van der Waals surface area contributed by atoms with E-state index in [-0.39, 0.29) is 5.41 Å². The predicted octanol–water partition coefficient (Wildman–Crippen LogP) is 6.59. The van der Waals surface area contributed by atoms with E-state index in [1.54, 1.807) is 0 Å². The van der Waals surface area contributed by atoms with Gasteiger partial charge < -0.3 is 5.11 Å². The van der Waals surface area contributed by atoms with Crippen LogP contribution in [0.25, 0.3) is 0 Å². The van der Waals surface area contributed by atoms with Crippen LogP contribution < -0.4 is 0 Å². The Labute approximate surface area is 131 Å². The number of phenols is 1. The predicted molar refractivity (Wildman–Crippen MR) is 93.0 cm³/mol. The van der Waals surface area contributed by atoms with E-state index in [1.165, 1.54) is 64.2 Å². The van der Waals surface area contributed by atoms with Gasteiger partial charge in [0.1, 0.15) is 5.75 Å². The Hall–Kier alpha value is -0.980. The van der Waals surface area contributed by atoms with Crippen LogP contribution in [0.2, 0.25) is 0 Å². The number of hydrogen-bond donors (Lipinski definition) is 1. The van der Waals surface area contributed by atoms with Crippen molar-refractivity contribution in [3.05, 3.63) is 29.8 Å². The summed E-state index contributed by atoms with van der Waals surface area (Å²) in [6.45, 7) is 6.86.